The third-order valence-corrected chi connectivity index (χ3v) is 1.97. The maximum Gasteiger partial charge on any atom is 0.0492 e. The molecule has 0 saturated heterocycles. The van der Waals surface area contributed by atoms with Gasteiger partial charge in [0.1, 0.15) is 0 Å². The molecule has 0 unspecified atom stereocenters. The highest BCUT2D eigenvalue weighted by molar-refractivity contribution is 6.35. The lowest BCUT2D eigenvalue weighted by molar-refractivity contribution is 1.50. The summed E-state index contributed by atoms with van der Waals surface area (Å²) in [6, 6.07) is 0. The molecule has 0 aromatic heterocycles. The molecule has 0 heterocycles. The standard InChI is InChI=1S/C13H14Cl2.C2H6/c1-9(2)6-7-10(3)12(5)13(15)8-11(4)14;1-2/h6-8H,1,3-5H2,2H3;1-2H3/b7-6-,13-8+;. The first-order chi connectivity index (χ1) is 7.84. The van der Waals surface area contributed by atoms with Crippen LogP contribution in [0, 0.1) is 0 Å². The van der Waals surface area contributed by atoms with Crippen molar-refractivity contribution in [1.29, 1.82) is 0 Å². The number of hydrogen-bond donors (Lipinski definition) is 0. The molecular weight excluding hydrogens is 251 g/mol. The Hall–Kier alpha value is -0.980. The van der Waals surface area contributed by atoms with Gasteiger partial charge in [0, 0.05) is 10.1 Å². The Morgan fingerprint density at radius 1 is 0.941 bits per heavy atom. The van der Waals surface area contributed by atoms with Gasteiger partial charge in [-0.1, -0.05) is 81.1 Å². The summed E-state index contributed by atoms with van der Waals surface area (Å²) in [7, 11) is 0. The molecule has 17 heavy (non-hydrogen) atoms. The predicted octanol–water partition coefficient (Wildman–Crippen LogP) is 6.13. The van der Waals surface area contributed by atoms with Crippen LogP contribution in [0.5, 0.6) is 0 Å². The first kappa shape index (κ1) is 18.4. The summed E-state index contributed by atoms with van der Waals surface area (Å²) < 4.78 is 0. The summed E-state index contributed by atoms with van der Waals surface area (Å²) in [4.78, 5) is 0. The maximum atomic E-state index is 5.94. The lowest BCUT2D eigenvalue weighted by atomic mass is 10.1. The van der Waals surface area contributed by atoms with Gasteiger partial charge in [-0.3, -0.25) is 0 Å². The van der Waals surface area contributed by atoms with E-state index in [9.17, 15) is 0 Å². The van der Waals surface area contributed by atoms with Gasteiger partial charge in [0.05, 0.1) is 0 Å². The van der Waals surface area contributed by atoms with Gasteiger partial charge in [-0.25, -0.2) is 0 Å². The van der Waals surface area contributed by atoms with Crippen molar-refractivity contribution in [2.24, 2.45) is 0 Å². The highest BCUT2D eigenvalue weighted by Gasteiger charge is 2.01. The van der Waals surface area contributed by atoms with E-state index >= 15 is 0 Å². The van der Waals surface area contributed by atoms with Crippen LogP contribution in [0.4, 0.5) is 0 Å². The van der Waals surface area contributed by atoms with Crippen LogP contribution in [-0.4, -0.2) is 0 Å². The Morgan fingerprint density at radius 2 is 1.41 bits per heavy atom. The summed E-state index contributed by atoms with van der Waals surface area (Å²) in [5.74, 6) is 0. The fourth-order valence-corrected chi connectivity index (χ4v) is 1.14. The van der Waals surface area contributed by atoms with Crippen molar-refractivity contribution in [3.05, 3.63) is 71.3 Å². The topological polar surface area (TPSA) is 0 Å². The van der Waals surface area contributed by atoms with Gasteiger partial charge in [-0.15, -0.1) is 0 Å². The molecule has 0 radical (unpaired) electrons. The summed E-state index contributed by atoms with van der Waals surface area (Å²) in [5.41, 5.74) is 2.28. The molecule has 0 aliphatic carbocycles. The third-order valence-electron chi connectivity index (χ3n) is 1.53. The van der Waals surface area contributed by atoms with Gasteiger partial charge in [0.15, 0.2) is 0 Å². The van der Waals surface area contributed by atoms with Crippen molar-refractivity contribution >= 4 is 23.2 Å². The molecule has 0 aromatic carbocycles. The fourth-order valence-electron chi connectivity index (χ4n) is 0.721. The molecule has 0 rings (SSSR count). The van der Waals surface area contributed by atoms with Crippen LogP contribution in [0.1, 0.15) is 20.8 Å². The minimum Gasteiger partial charge on any atom is -0.0961 e. The van der Waals surface area contributed by atoms with E-state index in [0.717, 1.165) is 11.1 Å². The second-order valence-electron chi connectivity index (χ2n) is 3.12. The van der Waals surface area contributed by atoms with Crippen LogP contribution in [0.2, 0.25) is 0 Å². The minimum atomic E-state index is 0.359. The normalized spacial score (nSPS) is 10.5. The lowest BCUT2D eigenvalue weighted by Crippen LogP contribution is -1.84. The molecule has 0 aliphatic rings. The van der Waals surface area contributed by atoms with Crippen LogP contribution < -0.4 is 0 Å². The smallest absolute Gasteiger partial charge is 0.0492 e. The molecule has 0 nitrogen and oxygen atoms in total. The van der Waals surface area contributed by atoms with Crippen molar-refractivity contribution in [3.63, 3.8) is 0 Å². The van der Waals surface area contributed by atoms with Crippen LogP contribution >= 0.6 is 23.2 Å². The van der Waals surface area contributed by atoms with E-state index in [-0.39, 0.29) is 0 Å². The number of hydrogen-bond acceptors (Lipinski definition) is 0. The monoisotopic (exact) mass is 270 g/mol. The molecular formula is C15H20Cl2. The average Bonchev–Trinajstić information content (AvgIpc) is 2.26. The highest BCUT2D eigenvalue weighted by atomic mass is 35.5. The lowest BCUT2D eigenvalue weighted by Gasteiger charge is -2.03. The van der Waals surface area contributed by atoms with Gasteiger partial charge < -0.3 is 0 Å². The summed E-state index contributed by atoms with van der Waals surface area (Å²) in [5, 5.41) is 0.796. The molecule has 0 bridgehead atoms. The minimum absolute atomic E-state index is 0.359. The van der Waals surface area contributed by atoms with Crippen molar-refractivity contribution in [2.75, 3.05) is 0 Å². The molecule has 0 aromatic rings. The summed E-state index contributed by atoms with van der Waals surface area (Å²) in [6.45, 7) is 20.8. The van der Waals surface area contributed by atoms with E-state index in [1.54, 1.807) is 6.08 Å². The fraction of sp³-hybridized carbons (Fsp3) is 0.200. The molecule has 0 aliphatic heterocycles. The van der Waals surface area contributed by atoms with E-state index in [2.05, 4.69) is 26.3 Å². The Morgan fingerprint density at radius 3 is 1.76 bits per heavy atom. The van der Waals surface area contributed by atoms with E-state index in [1.165, 1.54) is 6.08 Å². The average molecular weight is 271 g/mol. The first-order valence-corrected chi connectivity index (χ1v) is 6.04. The Bertz CT molecular complexity index is 368. The van der Waals surface area contributed by atoms with Crippen molar-refractivity contribution in [3.8, 4) is 0 Å². The molecule has 94 valence electrons. The van der Waals surface area contributed by atoms with Crippen molar-refractivity contribution in [1.82, 2.24) is 0 Å². The molecule has 0 atom stereocenters. The number of halogens is 2. The summed E-state index contributed by atoms with van der Waals surface area (Å²) in [6.07, 6.45) is 5.18. The van der Waals surface area contributed by atoms with Crippen LogP contribution in [-0.2, 0) is 0 Å². The Balaban J connectivity index is 0. The van der Waals surface area contributed by atoms with Gasteiger partial charge in [-0.2, -0.15) is 0 Å². The van der Waals surface area contributed by atoms with Gasteiger partial charge in [-0.05, 0) is 24.1 Å². The zero-order chi connectivity index (χ0) is 14.0. The zero-order valence-electron chi connectivity index (χ0n) is 10.8. The summed E-state index contributed by atoms with van der Waals surface area (Å²) >= 11 is 11.5. The molecule has 0 fully saturated rings. The van der Waals surface area contributed by atoms with Crippen LogP contribution in [0.25, 0.3) is 0 Å². The second kappa shape index (κ2) is 10.2. The second-order valence-corrected chi connectivity index (χ2v) is 4.02. The van der Waals surface area contributed by atoms with E-state index in [1.807, 2.05) is 26.8 Å². The van der Waals surface area contributed by atoms with Gasteiger partial charge >= 0.3 is 0 Å². The molecule has 0 spiro atoms. The van der Waals surface area contributed by atoms with Crippen molar-refractivity contribution in [2.45, 2.75) is 20.8 Å². The first-order valence-electron chi connectivity index (χ1n) is 5.28. The largest absolute Gasteiger partial charge is 0.0961 e. The van der Waals surface area contributed by atoms with Gasteiger partial charge in [0.25, 0.3) is 0 Å². The highest BCUT2D eigenvalue weighted by Crippen LogP contribution is 2.23. The van der Waals surface area contributed by atoms with Crippen LogP contribution in [0.15, 0.2) is 71.3 Å². The van der Waals surface area contributed by atoms with E-state index in [0.29, 0.717) is 15.6 Å². The van der Waals surface area contributed by atoms with E-state index < -0.39 is 0 Å². The van der Waals surface area contributed by atoms with Gasteiger partial charge in [0.2, 0.25) is 0 Å². The third kappa shape index (κ3) is 9.92. The molecule has 0 saturated carbocycles. The maximum absolute atomic E-state index is 5.94. The molecule has 0 amide bonds. The van der Waals surface area contributed by atoms with E-state index in [4.69, 9.17) is 23.2 Å². The van der Waals surface area contributed by atoms with Crippen molar-refractivity contribution < 1.29 is 0 Å². The Kier molecular flexibility index (Phi) is 11.0. The number of rotatable bonds is 5. The molecule has 0 N–H and O–H groups in total. The zero-order valence-corrected chi connectivity index (χ0v) is 12.3. The quantitative estimate of drug-likeness (QED) is 0.527. The Labute approximate surface area is 115 Å². The SMILES string of the molecule is C=C(C)/C=C\C(=C)C(=C)/C(Cl)=C\C(=C)Cl.CC. The number of allylic oxidation sites excluding steroid dienone is 8. The predicted molar refractivity (Wildman–Crippen MR) is 82.5 cm³/mol. The molecule has 2 heteroatoms. The van der Waals surface area contributed by atoms with Crippen LogP contribution in [0.3, 0.4) is 0 Å².